The number of imide groups is 1. The number of rotatable bonds is 13. The van der Waals surface area contributed by atoms with Gasteiger partial charge in [-0.1, -0.05) is 23.7 Å². The predicted octanol–water partition coefficient (Wildman–Crippen LogP) is 5.51. The molecule has 6 rings (SSSR count). The minimum absolute atomic E-state index is 0.113. The highest BCUT2D eigenvalue weighted by atomic mass is 35.5. The van der Waals surface area contributed by atoms with E-state index in [4.69, 9.17) is 23.1 Å². The van der Waals surface area contributed by atoms with E-state index >= 15 is 0 Å². The number of hydrogen-bond donors (Lipinski definition) is 4. The van der Waals surface area contributed by atoms with Gasteiger partial charge in [-0.3, -0.25) is 19.7 Å². The summed E-state index contributed by atoms with van der Waals surface area (Å²) in [6.07, 6.45) is 12.2. The molecule has 306 valence electrons. The zero-order valence-corrected chi connectivity index (χ0v) is 34.4. The number of carbonyl (C=O) groups excluding carboxylic acids is 3. The molecule has 0 bridgehead atoms. The molecule has 4 aliphatic heterocycles. The number of piperidine rings is 3. The number of allylic oxidation sites excluding steroid dienone is 2. The SMILES string of the molecule is CC(CCC(=O)NC=O)Nc1cccc(C2CCN(CC3CCN(C(=O)/C(N)=C/C=C(\N)N4CCC5(CC4)C[C@H](C)N(c4ccc(C#N)c(Cl)c4)C5)CC3)CC2)c1. The summed E-state index contributed by atoms with van der Waals surface area (Å²) >= 11 is 6.36. The normalized spacial score (nSPS) is 21.6. The number of carbonyl (C=O) groups is 3. The number of nitrogens with two attached hydrogens (primary N) is 2. The van der Waals surface area contributed by atoms with Crippen LogP contribution in [0.4, 0.5) is 11.4 Å². The largest absolute Gasteiger partial charge is 0.394 e. The number of benzene rings is 2. The molecule has 0 radical (unpaired) electrons. The maximum absolute atomic E-state index is 13.3. The first-order chi connectivity index (χ1) is 27.5. The fraction of sp³-hybridized carbons (Fsp3) is 0.545. The van der Waals surface area contributed by atoms with Crippen LogP contribution in [0, 0.1) is 22.7 Å². The fourth-order valence-electron chi connectivity index (χ4n) is 9.43. The van der Waals surface area contributed by atoms with Crippen LogP contribution in [0.2, 0.25) is 5.02 Å². The Bertz CT molecular complexity index is 1840. The van der Waals surface area contributed by atoms with Crippen LogP contribution in [0.3, 0.4) is 0 Å². The Hall–Kier alpha value is -4.73. The highest BCUT2D eigenvalue weighted by Gasteiger charge is 2.44. The average molecular weight is 798 g/mol. The minimum Gasteiger partial charge on any atom is -0.394 e. The Morgan fingerprint density at radius 1 is 1.00 bits per heavy atom. The zero-order valence-electron chi connectivity index (χ0n) is 33.6. The van der Waals surface area contributed by atoms with Crippen molar-refractivity contribution in [2.75, 3.05) is 62.6 Å². The quantitative estimate of drug-likeness (QED) is 0.116. The van der Waals surface area contributed by atoms with Gasteiger partial charge in [-0.2, -0.15) is 5.26 Å². The fourth-order valence-corrected chi connectivity index (χ4v) is 9.65. The summed E-state index contributed by atoms with van der Waals surface area (Å²) in [4.78, 5) is 44.5. The third kappa shape index (κ3) is 10.8. The molecule has 4 heterocycles. The summed E-state index contributed by atoms with van der Waals surface area (Å²) in [5.74, 6) is 1.35. The van der Waals surface area contributed by atoms with E-state index in [1.807, 2.05) is 24.0 Å². The highest BCUT2D eigenvalue weighted by Crippen LogP contribution is 2.45. The molecule has 1 unspecified atom stereocenters. The molecule has 2 aromatic rings. The van der Waals surface area contributed by atoms with Crippen LogP contribution >= 0.6 is 11.6 Å². The van der Waals surface area contributed by atoms with E-state index < -0.39 is 0 Å². The van der Waals surface area contributed by atoms with Gasteiger partial charge in [0.15, 0.2) is 0 Å². The van der Waals surface area contributed by atoms with Gasteiger partial charge in [-0.15, -0.1) is 0 Å². The molecule has 3 amide bonds. The van der Waals surface area contributed by atoms with Crippen LogP contribution < -0.4 is 27.0 Å². The van der Waals surface area contributed by atoms with Crippen molar-refractivity contribution >= 4 is 41.2 Å². The van der Waals surface area contributed by atoms with Gasteiger partial charge >= 0.3 is 0 Å². The first-order valence-corrected chi connectivity index (χ1v) is 21.1. The van der Waals surface area contributed by atoms with Gasteiger partial charge in [0.25, 0.3) is 5.91 Å². The van der Waals surface area contributed by atoms with Gasteiger partial charge in [0, 0.05) is 69.1 Å². The third-order valence-electron chi connectivity index (χ3n) is 12.8. The molecular formula is C44H60ClN9O3. The second-order valence-electron chi connectivity index (χ2n) is 16.9. The Morgan fingerprint density at radius 3 is 2.42 bits per heavy atom. The molecule has 4 saturated heterocycles. The first-order valence-electron chi connectivity index (χ1n) is 20.7. The molecule has 13 heteroatoms. The van der Waals surface area contributed by atoms with Gasteiger partial charge in [0.1, 0.15) is 6.07 Å². The van der Waals surface area contributed by atoms with E-state index in [2.05, 4.69) is 62.6 Å². The molecule has 4 fully saturated rings. The van der Waals surface area contributed by atoms with Gasteiger partial charge < -0.3 is 36.4 Å². The van der Waals surface area contributed by atoms with Crippen LogP contribution in [0.5, 0.6) is 0 Å². The summed E-state index contributed by atoms with van der Waals surface area (Å²) in [6, 6.07) is 17.0. The Balaban J connectivity index is 0.899. The lowest BCUT2D eigenvalue weighted by atomic mass is 9.77. The molecule has 2 atom stereocenters. The number of anilines is 2. The van der Waals surface area contributed by atoms with Crippen molar-refractivity contribution in [2.24, 2.45) is 22.8 Å². The number of hydrogen-bond acceptors (Lipinski definition) is 10. The highest BCUT2D eigenvalue weighted by molar-refractivity contribution is 6.32. The van der Waals surface area contributed by atoms with Crippen molar-refractivity contribution < 1.29 is 14.4 Å². The molecule has 0 aliphatic carbocycles. The van der Waals surface area contributed by atoms with Crippen molar-refractivity contribution in [1.29, 1.82) is 5.26 Å². The maximum atomic E-state index is 13.3. The Kier molecular flexibility index (Phi) is 14.1. The van der Waals surface area contributed by atoms with Crippen LogP contribution in [0.1, 0.15) is 88.7 Å². The smallest absolute Gasteiger partial charge is 0.269 e. The van der Waals surface area contributed by atoms with Crippen molar-refractivity contribution in [3.8, 4) is 6.07 Å². The van der Waals surface area contributed by atoms with E-state index in [0.29, 0.717) is 66.6 Å². The van der Waals surface area contributed by atoms with E-state index in [1.54, 1.807) is 18.2 Å². The Labute approximate surface area is 343 Å². The second-order valence-corrected chi connectivity index (χ2v) is 17.3. The summed E-state index contributed by atoms with van der Waals surface area (Å²) in [5.41, 5.74) is 17.3. The average Bonchev–Trinajstić information content (AvgIpc) is 3.54. The summed E-state index contributed by atoms with van der Waals surface area (Å²) in [5, 5.41) is 15.5. The molecule has 0 aromatic heterocycles. The lowest BCUT2D eigenvalue weighted by molar-refractivity contribution is -0.129. The van der Waals surface area contributed by atoms with Gasteiger partial charge in [0.2, 0.25) is 12.3 Å². The summed E-state index contributed by atoms with van der Waals surface area (Å²) in [7, 11) is 0. The third-order valence-corrected chi connectivity index (χ3v) is 13.2. The van der Waals surface area contributed by atoms with Gasteiger partial charge in [-0.25, -0.2) is 0 Å². The number of nitrogens with zero attached hydrogens (tertiary/aromatic N) is 5. The number of likely N-dealkylation sites (tertiary alicyclic amines) is 3. The maximum Gasteiger partial charge on any atom is 0.269 e. The molecule has 0 saturated carbocycles. The standard InChI is InChI=1S/C44H60ClN9O3/c1-31(6-11-42(56)49-30-55)50-37-5-3-4-35(24-37)34-14-18-51(19-15-34)28-33-12-20-53(21-13-33)43(57)40(47)9-10-41(48)52-22-16-44(17-23-52)26-32(2)54(29-44)38-8-7-36(27-46)39(45)25-38/h3-5,7-10,24-25,30-34,50H,6,11-23,26,28-29,47-48H2,1-2H3,(H,49,55,56)/b40-9-,41-10+/t31?,32-/m0/s1. The van der Waals surface area contributed by atoms with E-state index in [0.717, 1.165) is 95.6 Å². The van der Waals surface area contributed by atoms with Crippen LogP contribution in [-0.4, -0.2) is 97.4 Å². The lowest BCUT2D eigenvalue weighted by Crippen LogP contribution is -2.44. The molecule has 4 aliphatic rings. The van der Waals surface area contributed by atoms with Crippen LogP contribution in [0.15, 0.2) is 66.1 Å². The Morgan fingerprint density at radius 2 is 1.74 bits per heavy atom. The van der Waals surface area contributed by atoms with Gasteiger partial charge in [-0.05, 0) is 144 Å². The molecule has 6 N–H and O–H groups in total. The van der Waals surface area contributed by atoms with E-state index in [1.165, 1.54) is 5.56 Å². The number of nitriles is 1. The van der Waals surface area contributed by atoms with E-state index in [9.17, 15) is 19.6 Å². The van der Waals surface area contributed by atoms with E-state index in [-0.39, 0.29) is 29.0 Å². The van der Waals surface area contributed by atoms with Crippen molar-refractivity contribution in [3.05, 3.63) is 82.3 Å². The minimum atomic E-state index is -0.255. The number of nitrogens with one attached hydrogen (secondary N) is 2. The molecular weight excluding hydrogens is 738 g/mol. The van der Waals surface area contributed by atoms with Crippen molar-refractivity contribution in [3.63, 3.8) is 0 Å². The van der Waals surface area contributed by atoms with Gasteiger partial charge in [0.05, 0.1) is 22.1 Å². The summed E-state index contributed by atoms with van der Waals surface area (Å²) in [6.45, 7) is 11.6. The monoisotopic (exact) mass is 797 g/mol. The topological polar surface area (TPSA) is 164 Å². The van der Waals surface area contributed by atoms with Crippen LogP contribution in [-0.2, 0) is 14.4 Å². The summed E-state index contributed by atoms with van der Waals surface area (Å²) < 4.78 is 0. The van der Waals surface area contributed by atoms with Crippen molar-refractivity contribution in [1.82, 2.24) is 20.0 Å². The number of halogens is 1. The predicted molar refractivity (Wildman–Crippen MR) is 226 cm³/mol. The molecule has 1 spiro atoms. The molecule has 57 heavy (non-hydrogen) atoms. The number of amides is 3. The van der Waals surface area contributed by atoms with Crippen molar-refractivity contribution in [2.45, 2.75) is 89.6 Å². The zero-order chi connectivity index (χ0) is 40.5. The van der Waals surface area contributed by atoms with Crippen LogP contribution in [0.25, 0.3) is 0 Å². The molecule has 2 aromatic carbocycles. The lowest BCUT2D eigenvalue weighted by Gasteiger charge is -2.40. The molecule has 12 nitrogen and oxygen atoms in total. The second kappa shape index (κ2) is 19.1. The first kappa shape index (κ1) is 41.9.